The molecule has 0 unspecified atom stereocenters. The Balaban J connectivity index is 2.31. The van der Waals surface area contributed by atoms with Crippen molar-refractivity contribution in [3.8, 4) is 0 Å². The van der Waals surface area contributed by atoms with Gasteiger partial charge in [-0.15, -0.1) is 0 Å². The van der Waals surface area contributed by atoms with Crippen LogP contribution in [0, 0.1) is 12.7 Å². The van der Waals surface area contributed by atoms with Crippen LogP contribution in [0.2, 0.25) is 5.02 Å². The summed E-state index contributed by atoms with van der Waals surface area (Å²) in [4.78, 5) is 4.21. The van der Waals surface area contributed by atoms with Gasteiger partial charge in [0, 0.05) is 16.9 Å². The van der Waals surface area contributed by atoms with Crippen LogP contribution in [0.1, 0.15) is 5.56 Å². The molecule has 0 radical (unpaired) electrons. The Morgan fingerprint density at radius 3 is 2.71 bits per heavy atom. The van der Waals surface area contributed by atoms with Gasteiger partial charge >= 0.3 is 0 Å². The Morgan fingerprint density at radius 1 is 1.29 bits per heavy atom. The van der Waals surface area contributed by atoms with E-state index in [1.54, 1.807) is 12.3 Å². The molecule has 0 atom stereocenters. The summed E-state index contributed by atoms with van der Waals surface area (Å²) >= 11 is 9.16. The first kappa shape index (κ1) is 12.3. The van der Waals surface area contributed by atoms with Crippen molar-refractivity contribution >= 4 is 39.0 Å². The van der Waals surface area contributed by atoms with E-state index < -0.39 is 0 Å². The molecule has 0 saturated carbocycles. The van der Waals surface area contributed by atoms with Crippen LogP contribution in [0.25, 0.3) is 0 Å². The third kappa shape index (κ3) is 3.17. The van der Waals surface area contributed by atoms with Gasteiger partial charge in [-0.25, -0.2) is 9.37 Å². The molecular weight excluding hydrogens is 307 g/mol. The third-order valence-corrected chi connectivity index (χ3v) is 2.93. The van der Waals surface area contributed by atoms with Crippen LogP contribution in [0.4, 0.5) is 15.9 Å². The number of hydrogen-bond donors (Lipinski definition) is 1. The second kappa shape index (κ2) is 5.02. The van der Waals surface area contributed by atoms with E-state index in [0.717, 1.165) is 10.0 Å². The molecule has 0 bridgehead atoms. The van der Waals surface area contributed by atoms with Gasteiger partial charge in [0.15, 0.2) is 0 Å². The van der Waals surface area contributed by atoms with Crippen molar-refractivity contribution in [2.24, 2.45) is 0 Å². The lowest BCUT2D eigenvalue weighted by Crippen LogP contribution is -1.95. The molecule has 0 spiro atoms. The minimum Gasteiger partial charge on any atom is -0.339 e. The van der Waals surface area contributed by atoms with Gasteiger partial charge in [-0.1, -0.05) is 11.6 Å². The molecule has 0 aliphatic carbocycles. The van der Waals surface area contributed by atoms with E-state index in [4.69, 9.17) is 11.6 Å². The minimum atomic E-state index is -0.386. The van der Waals surface area contributed by atoms with E-state index in [1.807, 2.05) is 13.0 Å². The van der Waals surface area contributed by atoms with Gasteiger partial charge in [0.1, 0.15) is 11.6 Å². The van der Waals surface area contributed by atoms with Crippen molar-refractivity contribution in [1.29, 1.82) is 0 Å². The van der Waals surface area contributed by atoms with Crippen LogP contribution in [-0.4, -0.2) is 4.98 Å². The lowest BCUT2D eigenvalue weighted by Gasteiger charge is -2.08. The highest BCUT2D eigenvalue weighted by atomic mass is 79.9. The lowest BCUT2D eigenvalue weighted by molar-refractivity contribution is 0.628. The average molecular weight is 316 g/mol. The zero-order valence-corrected chi connectivity index (χ0v) is 11.3. The lowest BCUT2D eigenvalue weighted by atomic mass is 10.3. The summed E-state index contributed by atoms with van der Waals surface area (Å²) < 4.78 is 14.0. The summed E-state index contributed by atoms with van der Waals surface area (Å²) in [5, 5.41) is 3.34. The fourth-order valence-corrected chi connectivity index (χ4v) is 2.17. The molecule has 1 aromatic carbocycles. The largest absolute Gasteiger partial charge is 0.339 e. The molecule has 1 heterocycles. The van der Waals surface area contributed by atoms with E-state index in [2.05, 4.69) is 26.2 Å². The number of nitrogens with one attached hydrogen (secondary N) is 1. The normalized spacial score (nSPS) is 10.4. The molecule has 2 nitrogen and oxygen atoms in total. The quantitative estimate of drug-likeness (QED) is 0.869. The van der Waals surface area contributed by atoms with Crippen molar-refractivity contribution in [3.05, 3.63) is 51.3 Å². The van der Waals surface area contributed by atoms with Crippen LogP contribution in [0.15, 0.2) is 34.9 Å². The van der Waals surface area contributed by atoms with Crippen LogP contribution in [-0.2, 0) is 0 Å². The average Bonchev–Trinajstić information content (AvgIpc) is 2.21. The number of rotatable bonds is 2. The van der Waals surface area contributed by atoms with E-state index in [0.29, 0.717) is 16.5 Å². The predicted molar refractivity (Wildman–Crippen MR) is 71.4 cm³/mol. The fraction of sp³-hybridized carbons (Fsp3) is 0.0833. The Bertz CT molecular complexity index is 540. The van der Waals surface area contributed by atoms with Crippen LogP contribution in [0.3, 0.4) is 0 Å². The number of anilines is 2. The van der Waals surface area contributed by atoms with Gasteiger partial charge in [0.25, 0.3) is 0 Å². The standard InChI is InChI=1S/C12H9BrClFN2/c1-7-2-11(13)12(16-6-7)17-10-4-8(14)3-9(15)5-10/h2-6H,1H3,(H,16,17). The summed E-state index contributed by atoms with van der Waals surface area (Å²) in [7, 11) is 0. The van der Waals surface area contributed by atoms with E-state index in [9.17, 15) is 4.39 Å². The van der Waals surface area contributed by atoms with Crippen molar-refractivity contribution < 1.29 is 4.39 Å². The highest BCUT2D eigenvalue weighted by molar-refractivity contribution is 9.10. The second-order valence-corrected chi connectivity index (χ2v) is 4.92. The number of nitrogens with zero attached hydrogens (tertiary/aromatic N) is 1. The van der Waals surface area contributed by atoms with Crippen molar-refractivity contribution in [1.82, 2.24) is 4.98 Å². The fourth-order valence-electron chi connectivity index (χ4n) is 1.39. The van der Waals surface area contributed by atoms with Crippen LogP contribution in [0.5, 0.6) is 0 Å². The summed E-state index contributed by atoms with van der Waals surface area (Å²) in [5.74, 6) is 0.237. The highest BCUT2D eigenvalue weighted by Crippen LogP contribution is 2.26. The molecule has 0 aliphatic rings. The van der Waals surface area contributed by atoms with Gasteiger partial charge in [0.2, 0.25) is 0 Å². The Kier molecular flexibility index (Phi) is 3.64. The number of benzene rings is 1. The van der Waals surface area contributed by atoms with Crippen LogP contribution < -0.4 is 5.32 Å². The number of aromatic nitrogens is 1. The molecule has 0 fully saturated rings. The SMILES string of the molecule is Cc1cnc(Nc2cc(F)cc(Cl)c2)c(Br)c1. The first-order valence-electron chi connectivity index (χ1n) is 4.90. The van der Waals surface area contributed by atoms with Crippen molar-refractivity contribution in [2.45, 2.75) is 6.92 Å². The molecule has 2 rings (SSSR count). The zero-order chi connectivity index (χ0) is 12.4. The topological polar surface area (TPSA) is 24.9 Å². The molecule has 1 N–H and O–H groups in total. The van der Waals surface area contributed by atoms with Crippen molar-refractivity contribution in [2.75, 3.05) is 5.32 Å². The van der Waals surface area contributed by atoms with Gasteiger partial charge in [-0.05, 0) is 52.7 Å². The van der Waals surface area contributed by atoms with Crippen molar-refractivity contribution in [3.63, 3.8) is 0 Å². The van der Waals surface area contributed by atoms with Crippen LogP contribution >= 0.6 is 27.5 Å². The Hall–Kier alpha value is -1.13. The molecule has 0 amide bonds. The maximum atomic E-state index is 13.1. The molecule has 0 aliphatic heterocycles. The van der Waals surface area contributed by atoms with Gasteiger partial charge < -0.3 is 5.32 Å². The molecular formula is C12H9BrClFN2. The smallest absolute Gasteiger partial charge is 0.144 e. The van der Waals surface area contributed by atoms with Gasteiger partial charge in [-0.3, -0.25) is 0 Å². The van der Waals surface area contributed by atoms with E-state index >= 15 is 0 Å². The number of aryl methyl sites for hydroxylation is 1. The van der Waals surface area contributed by atoms with Gasteiger partial charge in [0.05, 0.1) is 4.47 Å². The molecule has 0 saturated heterocycles. The summed E-state index contributed by atoms with van der Waals surface area (Å²) in [6.45, 7) is 1.95. The number of pyridine rings is 1. The Labute approximate surface area is 112 Å². The first-order chi connectivity index (χ1) is 8.04. The molecule has 1 aromatic heterocycles. The van der Waals surface area contributed by atoms with E-state index in [-0.39, 0.29) is 5.82 Å². The van der Waals surface area contributed by atoms with E-state index in [1.165, 1.54) is 12.1 Å². The summed E-state index contributed by atoms with van der Waals surface area (Å²) in [5.41, 5.74) is 1.60. The Morgan fingerprint density at radius 2 is 2.06 bits per heavy atom. The molecule has 2 aromatic rings. The monoisotopic (exact) mass is 314 g/mol. The second-order valence-electron chi connectivity index (χ2n) is 3.63. The minimum absolute atomic E-state index is 0.343. The maximum Gasteiger partial charge on any atom is 0.144 e. The zero-order valence-electron chi connectivity index (χ0n) is 8.97. The summed E-state index contributed by atoms with van der Waals surface area (Å²) in [6, 6.07) is 6.18. The van der Waals surface area contributed by atoms with Gasteiger partial charge in [-0.2, -0.15) is 0 Å². The molecule has 5 heteroatoms. The number of halogens is 3. The molecule has 17 heavy (non-hydrogen) atoms. The number of hydrogen-bond acceptors (Lipinski definition) is 2. The molecule has 88 valence electrons. The first-order valence-corrected chi connectivity index (χ1v) is 6.07. The predicted octanol–water partition coefficient (Wildman–Crippen LogP) is 4.69. The third-order valence-electron chi connectivity index (χ3n) is 2.10. The summed E-state index contributed by atoms with van der Waals surface area (Å²) in [6.07, 6.45) is 1.73. The highest BCUT2D eigenvalue weighted by Gasteiger charge is 2.04. The maximum absolute atomic E-state index is 13.1.